The molecule has 4 aliphatic carbocycles. The topological polar surface area (TPSA) is 13.0 Å². The standard InChI is InChI=1S/C100H102N4/c1-93(2)53-25-37-83-79-57-63(41-49-87(79)101(97(83,93)9)67-29-17-13-18-30-67)75-61-76(64-42-50-88-80(58-64)84-38-26-54-94(3,4)98(84,10)102(88)68-31-19-14-20-32-68)72-47-48-74-78(66-44-52-90-82(60-66)86-40-28-56-96(7,8)100(86,12)104(90)70-35-23-16-24-36-70)62-77(73-46-45-71(75)91(72)92(73)74)65-43-51-89-81(59-65)85-39-27-55-95(5,6)99(85,11)103(89)69-33-21-15-22-34-69/h13-24,29-36,41-52,57-62,83-86H,25-28,37-40,53-56H2,1-12H3. The summed E-state index contributed by atoms with van der Waals surface area (Å²) in [5.74, 6) is 1.49. The van der Waals surface area contributed by atoms with Crippen molar-refractivity contribution in [3.63, 3.8) is 0 Å². The van der Waals surface area contributed by atoms with Gasteiger partial charge >= 0.3 is 0 Å². The van der Waals surface area contributed by atoms with Crippen LogP contribution in [0.4, 0.5) is 45.5 Å². The highest BCUT2D eigenvalue weighted by atomic mass is 15.3. The van der Waals surface area contributed by atoms with Crippen LogP contribution < -0.4 is 19.6 Å². The number of rotatable bonds is 8. The Morgan fingerprint density at radius 2 is 0.452 bits per heavy atom. The summed E-state index contributed by atoms with van der Waals surface area (Å²) in [5.41, 5.74) is 27.0. The van der Waals surface area contributed by atoms with Crippen LogP contribution in [0.2, 0.25) is 0 Å². The predicted molar refractivity (Wildman–Crippen MR) is 441 cm³/mol. The first-order chi connectivity index (χ1) is 50.1. The molecular weight excluding hydrogens is 1260 g/mol. The Kier molecular flexibility index (Phi) is 13.8. The maximum atomic E-state index is 2.76. The molecule has 12 aromatic carbocycles. The van der Waals surface area contributed by atoms with Crippen LogP contribution in [0, 0.1) is 21.7 Å². The fourth-order valence-corrected chi connectivity index (χ4v) is 24.4. The average molecular weight is 1360 g/mol. The smallest absolute Gasteiger partial charge is 0.0543 e. The fraction of sp³-hybridized carbons (Fsp3) is 0.360. The van der Waals surface area contributed by atoms with Crippen LogP contribution in [0.5, 0.6) is 0 Å². The van der Waals surface area contributed by atoms with Gasteiger partial charge < -0.3 is 19.6 Å². The Bertz CT molecular complexity index is 4800. The van der Waals surface area contributed by atoms with Gasteiger partial charge in [-0.2, -0.15) is 0 Å². The molecule has 4 nitrogen and oxygen atoms in total. The third kappa shape index (κ3) is 8.44. The number of hydrogen-bond acceptors (Lipinski definition) is 4. The highest BCUT2D eigenvalue weighted by Crippen LogP contribution is 2.69. The van der Waals surface area contributed by atoms with Crippen LogP contribution in [0.1, 0.15) is 206 Å². The molecule has 8 unspecified atom stereocenters. The Hall–Kier alpha value is -9.12. The van der Waals surface area contributed by atoms with Gasteiger partial charge in [0.15, 0.2) is 0 Å². The van der Waals surface area contributed by atoms with Crippen LogP contribution in [0.15, 0.2) is 231 Å². The van der Waals surface area contributed by atoms with E-state index in [0.29, 0.717) is 23.7 Å². The van der Waals surface area contributed by atoms with E-state index in [9.17, 15) is 0 Å². The largest absolute Gasteiger partial charge is 0.334 e. The van der Waals surface area contributed by atoms with Crippen molar-refractivity contribution in [2.45, 2.75) is 206 Å². The molecule has 0 radical (unpaired) electrons. The number of anilines is 8. The molecule has 0 N–H and O–H groups in total. The summed E-state index contributed by atoms with van der Waals surface area (Å²) in [6, 6.07) is 91.8. The van der Waals surface area contributed by atoms with E-state index in [1.54, 1.807) is 0 Å². The van der Waals surface area contributed by atoms with E-state index in [-0.39, 0.29) is 43.8 Å². The second-order valence-electron chi connectivity index (χ2n) is 36.7. The van der Waals surface area contributed by atoms with E-state index in [0.717, 1.165) is 0 Å². The lowest BCUT2D eigenvalue weighted by molar-refractivity contribution is 0.101. The molecule has 104 heavy (non-hydrogen) atoms. The van der Waals surface area contributed by atoms with Gasteiger partial charge in [0.1, 0.15) is 0 Å². The zero-order chi connectivity index (χ0) is 71.0. The maximum absolute atomic E-state index is 2.76. The first kappa shape index (κ1) is 64.5. The van der Waals surface area contributed by atoms with Crippen molar-refractivity contribution in [2.75, 3.05) is 19.6 Å². The minimum atomic E-state index is -0.110. The normalized spacial score (nSPS) is 27.2. The lowest BCUT2D eigenvalue weighted by Crippen LogP contribution is -2.56. The lowest BCUT2D eigenvalue weighted by atomic mass is 9.58. The minimum absolute atomic E-state index is 0.0767. The maximum Gasteiger partial charge on any atom is 0.0543 e. The molecule has 4 saturated carbocycles. The van der Waals surface area contributed by atoms with Gasteiger partial charge in [0.05, 0.1) is 22.2 Å². The summed E-state index contributed by atoms with van der Waals surface area (Å²) in [7, 11) is 0. The molecule has 0 saturated heterocycles. The quantitative estimate of drug-likeness (QED) is 0.141. The molecule has 4 fully saturated rings. The highest BCUT2D eigenvalue weighted by Gasteiger charge is 2.63. The van der Waals surface area contributed by atoms with E-state index in [4.69, 9.17) is 0 Å². The third-order valence-corrected chi connectivity index (χ3v) is 31.0. The zero-order valence-electron chi connectivity index (χ0n) is 63.5. The van der Waals surface area contributed by atoms with Crippen LogP contribution in [-0.4, -0.2) is 22.2 Å². The zero-order valence-corrected chi connectivity index (χ0v) is 63.5. The molecule has 8 atom stereocenters. The number of benzene rings is 12. The van der Waals surface area contributed by atoms with Gasteiger partial charge in [-0.25, -0.2) is 0 Å². The number of hydrogen-bond donors (Lipinski definition) is 0. The molecule has 522 valence electrons. The highest BCUT2D eigenvalue weighted by molar-refractivity contribution is 6.32. The van der Waals surface area contributed by atoms with Gasteiger partial charge in [-0.15, -0.1) is 0 Å². The Balaban J connectivity index is 0.868. The molecule has 4 heteroatoms. The van der Waals surface area contributed by atoms with Crippen molar-refractivity contribution in [2.24, 2.45) is 21.7 Å². The first-order valence-electron chi connectivity index (χ1n) is 39.9. The predicted octanol–water partition coefficient (Wildman–Crippen LogP) is 28.1. The van der Waals surface area contributed by atoms with Gasteiger partial charge in [0, 0.05) is 69.2 Å². The molecular formula is C100H102N4. The van der Waals surface area contributed by atoms with Crippen LogP contribution in [0.3, 0.4) is 0 Å². The van der Waals surface area contributed by atoms with Crippen molar-refractivity contribution in [1.29, 1.82) is 0 Å². The summed E-state index contributed by atoms with van der Waals surface area (Å²) < 4.78 is 0. The van der Waals surface area contributed by atoms with Gasteiger partial charge in [-0.05, 0) is 309 Å². The molecule has 8 aliphatic rings. The molecule has 4 heterocycles. The van der Waals surface area contributed by atoms with Crippen LogP contribution >= 0.6 is 0 Å². The van der Waals surface area contributed by atoms with E-state index >= 15 is 0 Å². The van der Waals surface area contributed by atoms with Gasteiger partial charge in [0.2, 0.25) is 0 Å². The van der Waals surface area contributed by atoms with E-state index in [2.05, 4.69) is 333 Å². The van der Waals surface area contributed by atoms with E-state index < -0.39 is 0 Å². The van der Waals surface area contributed by atoms with Crippen molar-refractivity contribution in [3.8, 4) is 44.5 Å². The summed E-state index contributed by atoms with van der Waals surface area (Å²) in [4.78, 5) is 11.1. The van der Waals surface area contributed by atoms with Crippen LogP contribution in [0.25, 0.3) is 76.8 Å². The number of nitrogens with zero attached hydrogens (tertiary/aromatic N) is 4. The molecule has 20 rings (SSSR count). The molecule has 12 aromatic rings. The van der Waals surface area contributed by atoms with E-state index in [1.807, 2.05) is 0 Å². The summed E-state index contributed by atoms with van der Waals surface area (Å²) in [6.07, 6.45) is 14.4. The van der Waals surface area contributed by atoms with Crippen molar-refractivity contribution >= 4 is 77.8 Å². The molecule has 0 spiro atoms. The van der Waals surface area contributed by atoms with Crippen molar-refractivity contribution < 1.29 is 0 Å². The summed E-state index contributed by atoms with van der Waals surface area (Å²) >= 11 is 0. The van der Waals surface area contributed by atoms with Crippen molar-refractivity contribution in [1.82, 2.24) is 0 Å². The average Bonchev–Trinajstić information content (AvgIpc) is 1.26. The SMILES string of the molecule is CC1(C)CCCC2c3cc(-c4cc(-c5ccc6c(c5)C5CCCC(C)(C)C5(C)N6c5ccccc5)c5ccc6c(-c7ccc8c(c7)C7CCCC(C)(C)C7(C)N8c7ccccc7)cc(-c7ccc8c(c7)C7CCCC(C)(C)C7(C)N8c7ccccc7)c7ccc4c5c76)ccc3N(c3ccccc3)C21C. The molecule has 0 amide bonds. The van der Waals surface area contributed by atoms with Gasteiger partial charge in [0.25, 0.3) is 0 Å². The monoisotopic (exact) mass is 1360 g/mol. The Morgan fingerprint density at radius 1 is 0.240 bits per heavy atom. The molecule has 4 aliphatic heterocycles. The summed E-state index contributed by atoms with van der Waals surface area (Å²) in [6.45, 7) is 30.8. The number of para-hydroxylation sites is 4. The van der Waals surface area contributed by atoms with Gasteiger partial charge in [-0.3, -0.25) is 0 Å². The van der Waals surface area contributed by atoms with Gasteiger partial charge in [-0.1, -0.05) is 202 Å². The Morgan fingerprint density at radius 3 is 0.663 bits per heavy atom. The fourth-order valence-electron chi connectivity index (χ4n) is 24.4. The molecule has 0 bridgehead atoms. The molecule has 0 aromatic heterocycles. The van der Waals surface area contributed by atoms with Crippen LogP contribution in [-0.2, 0) is 0 Å². The first-order valence-corrected chi connectivity index (χ1v) is 39.9. The minimum Gasteiger partial charge on any atom is -0.334 e. The second kappa shape index (κ2) is 22.2. The second-order valence-corrected chi connectivity index (χ2v) is 36.7. The Labute approximate surface area is 618 Å². The van der Waals surface area contributed by atoms with E-state index in [1.165, 1.54) is 222 Å². The van der Waals surface area contributed by atoms with Crippen molar-refractivity contribution in [3.05, 3.63) is 253 Å². The lowest BCUT2D eigenvalue weighted by Gasteiger charge is -2.55. The summed E-state index contributed by atoms with van der Waals surface area (Å²) in [5, 5.41) is 8.05. The number of fused-ring (bicyclic) bond motifs is 12. The third-order valence-electron chi connectivity index (χ3n) is 31.0.